The second-order valence-electron chi connectivity index (χ2n) is 10.2. The van der Waals surface area contributed by atoms with E-state index in [0.717, 1.165) is 57.3 Å². The zero-order chi connectivity index (χ0) is 29.4. The van der Waals surface area contributed by atoms with E-state index in [4.69, 9.17) is 14.7 Å². The zero-order valence-corrected chi connectivity index (χ0v) is 24.8. The first-order valence-electron chi connectivity index (χ1n) is 13.7. The van der Waals surface area contributed by atoms with Crippen molar-refractivity contribution in [3.05, 3.63) is 84.8 Å². The third-order valence-electron chi connectivity index (χ3n) is 6.58. The molecule has 1 amide bonds. The van der Waals surface area contributed by atoms with Crippen molar-refractivity contribution in [3.8, 4) is 33.8 Å². The fourth-order valence-corrected chi connectivity index (χ4v) is 4.95. The van der Waals surface area contributed by atoms with Crippen LogP contribution in [0.2, 0.25) is 0 Å². The largest absolute Gasteiger partial charge is 0.372 e. The Bertz CT molecular complexity index is 1550. The lowest BCUT2D eigenvalue weighted by Crippen LogP contribution is -2.41. The van der Waals surface area contributed by atoms with Crippen molar-refractivity contribution in [2.75, 3.05) is 27.3 Å². The van der Waals surface area contributed by atoms with Crippen LogP contribution in [0.15, 0.2) is 79.1 Å². The van der Waals surface area contributed by atoms with E-state index in [0.29, 0.717) is 6.61 Å². The molecule has 216 valence electrons. The van der Waals surface area contributed by atoms with Gasteiger partial charge in [-0.2, -0.15) is 12.7 Å². The van der Waals surface area contributed by atoms with Gasteiger partial charge in [0.15, 0.2) is 0 Å². The van der Waals surface area contributed by atoms with Gasteiger partial charge >= 0.3 is 10.2 Å². The molecule has 0 bridgehead atoms. The number of ether oxygens (including phenoxy) is 1. The van der Waals surface area contributed by atoms with Crippen LogP contribution in [0.3, 0.4) is 0 Å². The smallest absolute Gasteiger partial charge is 0.303 e. The number of amides is 1. The number of hydrogen-bond acceptors (Lipinski definition) is 6. The van der Waals surface area contributed by atoms with Gasteiger partial charge in [0.2, 0.25) is 0 Å². The predicted octanol–water partition coefficient (Wildman–Crippen LogP) is 5.12. The summed E-state index contributed by atoms with van der Waals surface area (Å²) < 4.78 is 34.0. The third-order valence-corrected chi connectivity index (χ3v) is 8.03. The van der Waals surface area contributed by atoms with Crippen molar-refractivity contribution in [2.45, 2.75) is 39.2 Å². The van der Waals surface area contributed by atoms with Gasteiger partial charge in [0.1, 0.15) is 6.61 Å². The Morgan fingerprint density at radius 3 is 2.20 bits per heavy atom. The maximum Gasteiger partial charge on any atom is 0.303 e. The fraction of sp³-hybridized carbons (Fsp3) is 0.323. The van der Waals surface area contributed by atoms with E-state index in [1.807, 2.05) is 59.4 Å². The average Bonchev–Trinajstić information content (AvgIpc) is 3.40. The van der Waals surface area contributed by atoms with Crippen molar-refractivity contribution in [2.24, 2.45) is 0 Å². The molecule has 10 heteroatoms. The summed E-state index contributed by atoms with van der Waals surface area (Å²) in [5.74, 6) is -0.689. The monoisotopic (exact) mass is 575 g/mol. The van der Waals surface area contributed by atoms with Gasteiger partial charge in [-0.15, -0.1) is 0 Å². The Morgan fingerprint density at radius 2 is 1.59 bits per heavy atom. The number of rotatable bonds is 13. The Labute approximate surface area is 242 Å². The van der Waals surface area contributed by atoms with E-state index in [9.17, 15) is 13.2 Å². The minimum atomic E-state index is -3.81. The molecule has 1 N–H and O–H groups in total. The first kappa shape index (κ1) is 30.1. The topological polar surface area (TPSA) is 106 Å². The van der Waals surface area contributed by atoms with Gasteiger partial charge < -0.3 is 9.30 Å². The van der Waals surface area contributed by atoms with Crippen molar-refractivity contribution < 1.29 is 17.9 Å². The first-order chi connectivity index (χ1) is 19.7. The highest BCUT2D eigenvalue weighted by Crippen LogP contribution is 2.32. The Hall–Kier alpha value is -3.86. The van der Waals surface area contributed by atoms with E-state index in [1.54, 1.807) is 0 Å². The maximum atomic E-state index is 11.8. The van der Waals surface area contributed by atoms with Gasteiger partial charge in [0.25, 0.3) is 5.91 Å². The SMILES string of the molecule is CC(C)n1cc(-c2cnc(-c3ccccc3)c(-c3ccccc3)n2)cc1CCCCOCC(=O)NS(=O)(=O)N(C)C. The highest BCUT2D eigenvalue weighted by Gasteiger charge is 2.18. The molecule has 2 heterocycles. The van der Waals surface area contributed by atoms with Crippen molar-refractivity contribution in [1.29, 1.82) is 0 Å². The summed E-state index contributed by atoms with van der Waals surface area (Å²) >= 11 is 0. The van der Waals surface area contributed by atoms with Crippen LogP contribution < -0.4 is 4.72 Å². The Balaban J connectivity index is 1.45. The fourth-order valence-electron chi connectivity index (χ4n) is 4.42. The van der Waals surface area contributed by atoms with Crippen LogP contribution in [0.4, 0.5) is 0 Å². The van der Waals surface area contributed by atoms with E-state index >= 15 is 0 Å². The number of nitrogens with zero attached hydrogens (tertiary/aromatic N) is 4. The predicted molar refractivity (Wildman–Crippen MR) is 161 cm³/mol. The molecule has 0 saturated heterocycles. The lowest BCUT2D eigenvalue weighted by atomic mass is 10.0. The molecule has 0 saturated carbocycles. The van der Waals surface area contributed by atoms with Crippen LogP contribution in [-0.4, -0.2) is 60.5 Å². The van der Waals surface area contributed by atoms with Crippen LogP contribution in [-0.2, 0) is 26.2 Å². The molecule has 4 rings (SSSR count). The quantitative estimate of drug-likeness (QED) is 0.222. The summed E-state index contributed by atoms with van der Waals surface area (Å²) in [6.07, 6.45) is 6.38. The summed E-state index contributed by atoms with van der Waals surface area (Å²) in [5.41, 5.74) is 6.71. The number of aromatic nitrogens is 3. The number of benzene rings is 2. The van der Waals surface area contributed by atoms with Crippen LogP contribution in [0.5, 0.6) is 0 Å². The van der Waals surface area contributed by atoms with Crippen molar-refractivity contribution in [3.63, 3.8) is 0 Å². The van der Waals surface area contributed by atoms with E-state index < -0.39 is 16.1 Å². The summed E-state index contributed by atoms with van der Waals surface area (Å²) in [6, 6.07) is 22.6. The van der Waals surface area contributed by atoms with Crippen LogP contribution >= 0.6 is 0 Å². The van der Waals surface area contributed by atoms with Gasteiger partial charge in [-0.25, -0.2) is 9.71 Å². The van der Waals surface area contributed by atoms with Crippen LogP contribution in [0.25, 0.3) is 33.8 Å². The van der Waals surface area contributed by atoms with Crippen molar-refractivity contribution >= 4 is 16.1 Å². The molecule has 9 nitrogen and oxygen atoms in total. The van der Waals surface area contributed by atoms with Crippen molar-refractivity contribution in [1.82, 2.24) is 23.6 Å². The number of carbonyl (C=O) groups excluding carboxylic acids is 1. The molecule has 0 unspecified atom stereocenters. The second-order valence-corrected chi connectivity index (χ2v) is 12.1. The lowest BCUT2D eigenvalue weighted by molar-refractivity contribution is -0.124. The van der Waals surface area contributed by atoms with E-state index in [2.05, 4.69) is 42.8 Å². The molecule has 0 aliphatic heterocycles. The molecule has 0 aliphatic carbocycles. The minimum Gasteiger partial charge on any atom is -0.372 e. The number of carbonyl (C=O) groups is 1. The molecule has 2 aromatic heterocycles. The molecule has 0 atom stereocenters. The van der Waals surface area contributed by atoms with Gasteiger partial charge in [-0.3, -0.25) is 9.78 Å². The van der Waals surface area contributed by atoms with Crippen LogP contribution in [0, 0.1) is 0 Å². The van der Waals surface area contributed by atoms with E-state index in [1.165, 1.54) is 19.8 Å². The average molecular weight is 576 g/mol. The summed E-state index contributed by atoms with van der Waals surface area (Å²) in [5, 5.41) is 0. The molecule has 0 fully saturated rings. The normalized spacial score (nSPS) is 11.8. The summed E-state index contributed by atoms with van der Waals surface area (Å²) in [6.45, 7) is 4.35. The highest BCUT2D eigenvalue weighted by atomic mass is 32.2. The highest BCUT2D eigenvalue weighted by molar-refractivity contribution is 7.87. The molecule has 4 aromatic rings. The number of aryl methyl sites for hydroxylation is 1. The van der Waals surface area contributed by atoms with Gasteiger partial charge in [-0.05, 0) is 39.2 Å². The Morgan fingerprint density at radius 1 is 0.951 bits per heavy atom. The van der Waals surface area contributed by atoms with Gasteiger partial charge in [0, 0.05) is 55.3 Å². The molecule has 0 aliphatic rings. The molecule has 0 spiro atoms. The molecule has 41 heavy (non-hydrogen) atoms. The number of hydrogen-bond donors (Lipinski definition) is 1. The molecule has 0 radical (unpaired) electrons. The summed E-state index contributed by atoms with van der Waals surface area (Å²) in [4.78, 5) is 21.8. The van der Waals surface area contributed by atoms with Gasteiger partial charge in [0.05, 0.1) is 23.3 Å². The van der Waals surface area contributed by atoms with Gasteiger partial charge in [-0.1, -0.05) is 60.7 Å². The zero-order valence-electron chi connectivity index (χ0n) is 23.9. The molecule has 2 aromatic carbocycles. The first-order valence-corrected chi connectivity index (χ1v) is 15.1. The second kappa shape index (κ2) is 13.7. The maximum absolute atomic E-state index is 11.8. The standard InChI is InChI=1S/C31H37N5O4S/c1-23(2)36-21-26(19-27(36)17-11-12-18-40-22-29(37)34-41(38,39)35(3)4)28-20-32-30(24-13-7-5-8-14-24)31(33-28)25-15-9-6-10-16-25/h5-10,13-16,19-21,23H,11-12,17-18,22H2,1-4H3,(H,34,37). The number of nitrogens with one attached hydrogen (secondary N) is 1. The third kappa shape index (κ3) is 7.87. The van der Waals surface area contributed by atoms with E-state index in [-0.39, 0.29) is 12.6 Å². The lowest BCUT2D eigenvalue weighted by Gasteiger charge is -2.13. The minimum absolute atomic E-state index is 0.266. The summed E-state index contributed by atoms with van der Waals surface area (Å²) in [7, 11) is -1.11. The number of unbranched alkanes of at least 4 members (excludes halogenated alkanes) is 1. The molecular weight excluding hydrogens is 538 g/mol. The Kier molecular flexibility index (Phi) is 10.0. The molecular formula is C31H37N5O4S. The van der Waals surface area contributed by atoms with Crippen LogP contribution in [0.1, 0.15) is 38.4 Å².